The molecule has 4 N–H and O–H groups in total. The van der Waals surface area contributed by atoms with Crippen LogP contribution in [-0.4, -0.2) is 40.0 Å². The molecule has 3 amide bonds. The summed E-state index contributed by atoms with van der Waals surface area (Å²) in [6.45, 7) is 0. The number of amides is 3. The molecule has 2 fully saturated rings. The van der Waals surface area contributed by atoms with Crippen LogP contribution < -0.4 is 16.0 Å². The number of benzene rings is 1. The zero-order chi connectivity index (χ0) is 17.2. The van der Waals surface area contributed by atoms with Gasteiger partial charge in [-0.15, -0.1) is 0 Å². The molecule has 0 saturated carbocycles. The number of rotatable bonds is 6. The summed E-state index contributed by atoms with van der Waals surface area (Å²) in [6.07, 6.45) is 5.33. The first-order chi connectivity index (χ1) is 12.2. The van der Waals surface area contributed by atoms with E-state index < -0.39 is 0 Å². The molecule has 2 aliphatic heterocycles. The van der Waals surface area contributed by atoms with Gasteiger partial charge >= 0.3 is 6.03 Å². The van der Waals surface area contributed by atoms with Crippen molar-refractivity contribution in [3.8, 4) is 0 Å². The van der Waals surface area contributed by atoms with Crippen LogP contribution in [0.1, 0.15) is 25.7 Å². The van der Waals surface area contributed by atoms with Gasteiger partial charge in [-0.1, -0.05) is 6.42 Å². The van der Waals surface area contributed by atoms with Gasteiger partial charge in [0, 0.05) is 40.2 Å². The highest BCUT2D eigenvalue weighted by molar-refractivity contribution is 8.00. The molecular formula is C18H22N4O2S. The first-order valence-corrected chi connectivity index (χ1v) is 9.79. The minimum atomic E-state index is -0.0425. The Morgan fingerprint density at radius 1 is 1.24 bits per heavy atom. The average Bonchev–Trinajstić information content (AvgIpc) is 3.27. The summed E-state index contributed by atoms with van der Waals surface area (Å²) in [5.41, 5.74) is 1.91. The van der Waals surface area contributed by atoms with Crippen LogP contribution in [0.5, 0.6) is 0 Å². The third kappa shape index (κ3) is 3.61. The molecule has 3 heterocycles. The Morgan fingerprint density at radius 2 is 2.16 bits per heavy atom. The molecule has 3 atom stereocenters. The van der Waals surface area contributed by atoms with Crippen molar-refractivity contribution in [3.05, 3.63) is 30.5 Å². The highest BCUT2D eigenvalue weighted by Gasteiger charge is 2.42. The highest BCUT2D eigenvalue weighted by atomic mass is 32.2. The summed E-state index contributed by atoms with van der Waals surface area (Å²) in [5.74, 6) is 1.04. The Kier molecular flexibility index (Phi) is 4.57. The number of nitrogens with one attached hydrogen (secondary N) is 4. The lowest BCUT2D eigenvalue weighted by Crippen LogP contribution is -2.36. The number of thioether (sulfide) groups is 1. The van der Waals surface area contributed by atoms with Gasteiger partial charge in [0.1, 0.15) is 0 Å². The third-order valence-corrected chi connectivity index (χ3v) is 6.43. The molecule has 0 radical (unpaired) electrons. The number of anilines is 1. The predicted molar refractivity (Wildman–Crippen MR) is 101 cm³/mol. The second-order valence-electron chi connectivity index (χ2n) is 6.70. The third-order valence-electron chi connectivity index (χ3n) is 4.92. The topological polar surface area (TPSA) is 86.0 Å². The molecule has 4 rings (SSSR count). The fraction of sp³-hybridized carbons (Fsp3) is 0.444. The zero-order valence-electron chi connectivity index (χ0n) is 13.9. The van der Waals surface area contributed by atoms with Gasteiger partial charge in [-0.2, -0.15) is 11.8 Å². The molecule has 0 unspecified atom stereocenters. The van der Waals surface area contributed by atoms with E-state index in [0.29, 0.717) is 11.7 Å². The van der Waals surface area contributed by atoms with Crippen molar-refractivity contribution < 1.29 is 9.59 Å². The quantitative estimate of drug-likeness (QED) is 0.473. The first kappa shape index (κ1) is 16.3. The first-order valence-electron chi connectivity index (χ1n) is 8.75. The molecule has 1 aromatic heterocycles. The Hall–Kier alpha value is -2.15. The molecule has 6 nitrogen and oxygen atoms in total. The minimum Gasteiger partial charge on any atom is -0.361 e. The molecule has 0 spiro atoms. The van der Waals surface area contributed by atoms with Crippen molar-refractivity contribution in [2.75, 3.05) is 11.1 Å². The maximum absolute atomic E-state index is 12.1. The molecule has 7 heteroatoms. The molecular weight excluding hydrogens is 336 g/mol. The fourth-order valence-electron chi connectivity index (χ4n) is 3.63. The van der Waals surface area contributed by atoms with Crippen LogP contribution in [0.3, 0.4) is 0 Å². The van der Waals surface area contributed by atoms with E-state index in [1.54, 1.807) is 0 Å². The number of hydrogen-bond donors (Lipinski definition) is 4. The minimum absolute atomic E-state index is 0.0425. The maximum Gasteiger partial charge on any atom is 0.315 e. The summed E-state index contributed by atoms with van der Waals surface area (Å²) >= 11 is 1.92. The summed E-state index contributed by atoms with van der Waals surface area (Å²) < 4.78 is 0. The molecule has 0 aliphatic carbocycles. The van der Waals surface area contributed by atoms with Gasteiger partial charge < -0.3 is 20.9 Å². The summed E-state index contributed by atoms with van der Waals surface area (Å²) in [5, 5.41) is 10.5. The lowest BCUT2D eigenvalue weighted by Gasteiger charge is -2.16. The Morgan fingerprint density at radius 3 is 3.08 bits per heavy atom. The summed E-state index contributed by atoms with van der Waals surface area (Å²) in [6, 6.07) is 8.35. The van der Waals surface area contributed by atoms with E-state index in [0.717, 1.165) is 41.6 Å². The smallest absolute Gasteiger partial charge is 0.315 e. The Bertz CT molecular complexity index is 790. The van der Waals surface area contributed by atoms with E-state index >= 15 is 0 Å². The van der Waals surface area contributed by atoms with Crippen molar-refractivity contribution in [2.45, 2.75) is 43.0 Å². The number of aromatic amines is 1. The van der Waals surface area contributed by atoms with Gasteiger partial charge in [0.25, 0.3) is 0 Å². The van der Waals surface area contributed by atoms with Crippen molar-refractivity contribution in [3.63, 3.8) is 0 Å². The van der Waals surface area contributed by atoms with Crippen LogP contribution in [0.4, 0.5) is 10.5 Å². The normalized spacial score (nSPS) is 24.8. The van der Waals surface area contributed by atoms with Crippen molar-refractivity contribution in [1.82, 2.24) is 15.6 Å². The van der Waals surface area contributed by atoms with E-state index in [9.17, 15) is 9.59 Å². The van der Waals surface area contributed by atoms with Gasteiger partial charge in [-0.25, -0.2) is 4.79 Å². The van der Waals surface area contributed by atoms with Crippen LogP contribution in [-0.2, 0) is 4.79 Å². The van der Waals surface area contributed by atoms with Gasteiger partial charge in [0.2, 0.25) is 5.91 Å². The summed E-state index contributed by atoms with van der Waals surface area (Å²) in [4.78, 5) is 26.6. The number of hydrogen-bond acceptors (Lipinski definition) is 3. The molecule has 2 saturated heterocycles. The Labute approximate surface area is 150 Å². The Balaban J connectivity index is 1.19. The lowest BCUT2D eigenvalue weighted by atomic mass is 10.0. The molecule has 25 heavy (non-hydrogen) atoms. The van der Waals surface area contributed by atoms with E-state index in [1.165, 1.54) is 0 Å². The van der Waals surface area contributed by atoms with Gasteiger partial charge in [0.15, 0.2) is 0 Å². The van der Waals surface area contributed by atoms with Crippen LogP contribution in [0.25, 0.3) is 10.9 Å². The second kappa shape index (κ2) is 7.00. The maximum atomic E-state index is 12.1. The van der Waals surface area contributed by atoms with Crippen LogP contribution in [0.2, 0.25) is 0 Å². The van der Waals surface area contributed by atoms with Gasteiger partial charge in [-0.05, 0) is 37.1 Å². The number of urea groups is 1. The largest absolute Gasteiger partial charge is 0.361 e. The zero-order valence-corrected chi connectivity index (χ0v) is 14.7. The predicted octanol–water partition coefficient (Wildman–Crippen LogP) is 2.83. The molecule has 1 aromatic carbocycles. The number of carbonyl (C=O) groups excluding carboxylic acids is 2. The van der Waals surface area contributed by atoms with Crippen molar-refractivity contribution in [2.24, 2.45) is 0 Å². The highest BCUT2D eigenvalue weighted by Crippen LogP contribution is 2.33. The molecule has 0 bridgehead atoms. The van der Waals surface area contributed by atoms with Crippen LogP contribution in [0.15, 0.2) is 30.5 Å². The van der Waals surface area contributed by atoms with Crippen molar-refractivity contribution >= 4 is 40.3 Å². The number of carbonyl (C=O) groups is 2. The van der Waals surface area contributed by atoms with Gasteiger partial charge in [-0.3, -0.25) is 4.79 Å². The number of H-pyrrole nitrogens is 1. The van der Waals surface area contributed by atoms with Crippen LogP contribution >= 0.6 is 11.8 Å². The van der Waals surface area contributed by atoms with E-state index in [-0.39, 0.29) is 24.0 Å². The van der Waals surface area contributed by atoms with E-state index in [4.69, 9.17) is 0 Å². The second-order valence-corrected chi connectivity index (χ2v) is 7.97. The van der Waals surface area contributed by atoms with E-state index in [1.807, 2.05) is 42.2 Å². The number of fused-ring (bicyclic) bond motifs is 2. The molecule has 2 aliphatic rings. The lowest BCUT2D eigenvalue weighted by molar-refractivity contribution is -0.116. The van der Waals surface area contributed by atoms with Crippen LogP contribution in [0, 0.1) is 0 Å². The SMILES string of the molecule is O=C(CCCC[C@@H]1SC[C@H]2NC(=O)N[C@@H]12)Nc1ccc2[nH]ccc2c1. The number of aromatic nitrogens is 1. The average molecular weight is 358 g/mol. The molecule has 2 aromatic rings. The van der Waals surface area contributed by atoms with Gasteiger partial charge in [0.05, 0.1) is 12.1 Å². The van der Waals surface area contributed by atoms with Crippen molar-refractivity contribution in [1.29, 1.82) is 0 Å². The molecule has 132 valence electrons. The standard InChI is InChI=1S/C18H22N4O2S/c23-16(20-12-5-6-13-11(9-12)7-8-19-13)4-2-1-3-15-17-14(10-25-15)21-18(24)22-17/h5-9,14-15,17,19H,1-4,10H2,(H,20,23)(H2,21,22,24)/t14-,15+,17-/m1/s1. The fourth-order valence-corrected chi connectivity index (χ4v) is 5.17. The number of unbranched alkanes of at least 4 members (excludes halogenated alkanes) is 1. The monoisotopic (exact) mass is 358 g/mol. The van der Waals surface area contributed by atoms with E-state index in [2.05, 4.69) is 20.9 Å². The summed E-state index contributed by atoms with van der Waals surface area (Å²) in [7, 11) is 0.